The molecule has 1 N–H and O–H groups in total. The van der Waals surface area contributed by atoms with E-state index in [1.165, 1.54) is 17.3 Å². The van der Waals surface area contributed by atoms with Crippen LogP contribution in [0.2, 0.25) is 0 Å². The molecule has 0 unspecified atom stereocenters. The van der Waals surface area contributed by atoms with E-state index in [0.29, 0.717) is 0 Å². The average Bonchev–Trinajstić information content (AvgIpc) is 2.81. The molecule has 0 radical (unpaired) electrons. The number of aromatic nitrogens is 3. The van der Waals surface area contributed by atoms with Crippen molar-refractivity contribution in [3.05, 3.63) is 42.5 Å². The molecule has 0 aliphatic rings. The summed E-state index contributed by atoms with van der Waals surface area (Å²) in [5, 5.41) is 7.03. The molecule has 0 amide bonds. The molecule has 2 aromatic rings. The van der Waals surface area contributed by atoms with Gasteiger partial charge in [-0.3, -0.25) is 0 Å². The predicted molar refractivity (Wildman–Crippen MR) is 62.4 cm³/mol. The van der Waals surface area contributed by atoms with E-state index in [9.17, 15) is 8.42 Å². The number of aryl methyl sites for hydroxylation is 1. The molecule has 90 valence electrons. The van der Waals surface area contributed by atoms with Gasteiger partial charge in [-0.2, -0.15) is 8.42 Å². The standard InChI is InChI=1S/C10H12N4O2S/c1-2-9-3-5-10(6-4-9)17(15,16)13-14-7-11-12-8-14/h3-8,13H,2H2,1H3. The van der Waals surface area contributed by atoms with Gasteiger partial charge in [0.25, 0.3) is 10.0 Å². The Morgan fingerprint density at radius 3 is 2.29 bits per heavy atom. The van der Waals surface area contributed by atoms with E-state index >= 15 is 0 Å². The van der Waals surface area contributed by atoms with E-state index in [1.54, 1.807) is 24.3 Å². The third-order valence-corrected chi connectivity index (χ3v) is 3.63. The summed E-state index contributed by atoms with van der Waals surface area (Å²) in [7, 11) is -3.58. The normalized spacial score (nSPS) is 11.4. The molecule has 0 spiro atoms. The Balaban J connectivity index is 2.25. The van der Waals surface area contributed by atoms with Crippen LogP contribution in [-0.2, 0) is 16.4 Å². The quantitative estimate of drug-likeness (QED) is 0.872. The van der Waals surface area contributed by atoms with Crippen LogP contribution in [0.25, 0.3) is 0 Å². The Hall–Kier alpha value is -1.89. The molecule has 0 aliphatic heterocycles. The van der Waals surface area contributed by atoms with Gasteiger partial charge in [0.05, 0.1) is 4.90 Å². The van der Waals surface area contributed by atoms with E-state index in [2.05, 4.69) is 15.0 Å². The topological polar surface area (TPSA) is 76.9 Å². The Morgan fingerprint density at radius 1 is 1.18 bits per heavy atom. The maximum Gasteiger partial charge on any atom is 0.275 e. The highest BCUT2D eigenvalue weighted by atomic mass is 32.2. The maximum absolute atomic E-state index is 11.9. The Kier molecular flexibility index (Phi) is 3.10. The first kappa shape index (κ1) is 11.6. The number of sulfonamides is 1. The second kappa shape index (κ2) is 4.54. The molecular formula is C10H12N4O2S. The van der Waals surface area contributed by atoms with Crippen molar-refractivity contribution in [3.63, 3.8) is 0 Å². The molecule has 2 rings (SSSR count). The van der Waals surface area contributed by atoms with Crippen molar-refractivity contribution in [1.82, 2.24) is 14.9 Å². The highest BCUT2D eigenvalue weighted by Crippen LogP contribution is 2.11. The summed E-state index contributed by atoms with van der Waals surface area (Å²) in [5.74, 6) is 0. The van der Waals surface area contributed by atoms with E-state index < -0.39 is 10.0 Å². The maximum atomic E-state index is 11.9. The van der Waals surface area contributed by atoms with Gasteiger partial charge in [-0.25, -0.2) is 9.51 Å². The van der Waals surface area contributed by atoms with Crippen molar-refractivity contribution in [1.29, 1.82) is 0 Å². The summed E-state index contributed by atoms with van der Waals surface area (Å²) in [5.41, 5.74) is 1.09. The Morgan fingerprint density at radius 2 is 1.76 bits per heavy atom. The van der Waals surface area contributed by atoms with Gasteiger partial charge in [0, 0.05) is 0 Å². The van der Waals surface area contributed by atoms with Crippen LogP contribution in [0.3, 0.4) is 0 Å². The molecule has 0 atom stereocenters. The lowest BCUT2D eigenvalue weighted by atomic mass is 10.2. The third kappa shape index (κ3) is 2.62. The van der Waals surface area contributed by atoms with Crippen molar-refractivity contribution in [2.75, 3.05) is 4.83 Å². The second-order valence-corrected chi connectivity index (χ2v) is 5.12. The lowest BCUT2D eigenvalue weighted by Crippen LogP contribution is -2.21. The monoisotopic (exact) mass is 252 g/mol. The summed E-state index contributed by atoms with van der Waals surface area (Å²) < 4.78 is 25.0. The zero-order valence-corrected chi connectivity index (χ0v) is 10.1. The minimum Gasteiger partial charge on any atom is -0.221 e. The highest BCUT2D eigenvalue weighted by Gasteiger charge is 2.13. The molecule has 6 nitrogen and oxygen atoms in total. The van der Waals surface area contributed by atoms with Gasteiger partial charge >= 0.3 is 0 Å². The van der Waals surface area contributed by atoms with Gasteiger partial charge < -0.3 is 0 Å². The van der Waals surface area contributed by atoms with E-state index in [4.69, 9.17) is 0 Å². The molecule has 0 saturated heterocycles. The Labute approximate surface area is 99.3 Å². The fraction of sp³-hybridized carbons (Fsp3) is 0.200. The fourth-order valence-electron chi connectivity index (χ4n) is 1.34. The van der Waals surface area contributed by atoms with Crippen LogP contribution in [0.1, 0.15) is 12.5 Å². The van der Waals surface area contributed by atoms with Crippen molar-refractivity contribution in [2.45, 2.75) is 18.2 Å². The van der Waals surface area contributed by atoms with Crippen LogP contribution < -0.4 is 4.83 Å². The van der Waals surface area contributed by atoms with Gasteiger partial charge in [-0.05, 0) is 24.1 Å². The molecule has 0 bridgehead atoms. The number of hydrogen-bond acceptors (Lipinski definition) is 4. The average molecular weight is 252 g/mol. The van der Waals surface area contributed by atoms with E-state index in [-0.39, 0.29) is 4.90 Å². The lowest BCUT2D eigenvalue weighted by Gasteiger charge is -2.07. The first-order valence-electron chi connectivity index (χ1n) is 5.08. The summed E-state index contributed by atoms with van der Waals surface area (Å²) in [6, 6.07) is 6.73. The van der Waals surface area contributed by atoms with Crippen molar-refractivity contribution in [3.8, 4) is 0 Å². The number of nitrogens with one attached hydrogen (secondary N) is 1. The molecule has 1 aromatic carbocycles. The van der Waals surface area contributed by atoms with Crippen LogP contribution >= 0.6 is 0 Å². The van der Waals surface area contributed by atoms with E-state index in [1.807, 2.05) is 6.92 Å². The Bertz CT molecular complexity index is 575. The SMILES string of the molecule is CCc1ccc(S(=O)(=O)Nn2cnnc2)cc1. The van der Waals surface area contributed by atoms with Gasteiger partial charge in [0.2, 0.25) is 0 Å². The number of rotatable bonds is 4. The van der Waals surface area contributed by atoms with Crippen LogP contribution in [0.4, 0.5) is 0 Å². The molecule has 17 heavy (non-hydrogen) atoms. The van der Waals surface area contributed by atoms with Crippen molar-refractivity contribution in [2.24, 2.45) is 0 Å². The molecule has 1 aromatic heterocycles. The summed E-state index contributed by atoms with van der Waals surface area (Å²) >= 11 is 0. The number of hydrogen-bond donors (Lipinski definition) is 1. The molecule has 0 aliphatic carbocycles. The summed E-state index contributed by atoms with van der Waals surface area (Å²) in [6.45, 7) is 2.01. The zero-order valence-electron chi connectivity index (χ0n) is 9.24. The summed E-state index contributed by atoms with van der Waals surface area (Å²) in [6.07, 6.45) is 3.43. The fourth-order valence-corrected chi connectivity index (χ4v) is 2.32. The number of nitrogens with zero attached hydrogens (tertiary/aromatic N) is 3. The van der Waals surface area contributed by atoms with Gasteiger partial charge in [0.15, 0.2) is 0 Å². The number of benzene rings is 1. The van der Waals surface area contributed by atoms with Crippen molar-refractivity contribution < 1.29 is 8.42 Å². The highest BCUT2D eigenvalue weighted by molar-refractivity contribution is 7.92. The smallest absolute Gasteiger partial charge is 0.221 e. The minimum atomic E-state index is -3.58. The van der Waals surface area contributed by atoms with Crippen LogP contribution in [0, 0.1) is 0 Å². The first-order valence-corrected chi connectivity index (χ1v) is 6.56. The first-order chi connectivity index (χ1) is 8.12. The van der Waals surface area contributed by atoms with Crippen LogP contribution in [-0.4, -0.2) is 23.3 Å². The molecule has 0 fully saturated rings. The second-order valence-electron chi connectivity index (χ2n) is 3.46. The molecule has 0 saturated carbocycles. The van der Waals surface area contributed by atoms with Gasteiger partial charge in [-0.1, -0.05) is 19.1 Å². The molecule has 7 heteroatoms. The van der Waals surface area contributed by atoms with E-state index in [0.717, 1.165) is 12.0 Å². The predicted octanol–water partition coefficient (Wildman–Crippen LogP) is 0.773. The largest absolute Gasteiger partial charge is 0.275 e. The zero-order chi connectivity index (χ0) is 12.3. The van der Waals surface area contributed by atoms with Crippen LogP contribution in [0.15, 0.2) is 41.8 Å². The molecule has 1 heterocycles. The lowest BCUT2D eigenvalue weighted by molar-refractivity contribution is 0.595. The summed E-state index contributed by atoms with van der Waals surface area (Å²) in [4.78, 5) is 2.53. The van der Waals surface area contributed by atoms with Crippen LogP contribution in [0.5, 0.6) is 0 Å². The minimum absolute atomic E-state index is 0.211. The van der Waals surface area contributed by atoms with Crippen molar-refractivity contribution >= 4 is 10.0 Å². The third-order valence-electron chi connectivity index (χ3n) is 2.29. The molecular weight excluding hydrogens is 240 g/mol. The van der Waals surface area contributed by atoms with Gasteiger partial charge in [0.1, 0.15) is 12.7 Å². The van der Waals surface area contributed by atoms with Gasteiger partial charge in [-0.15, -0.1) is 10.2 Å².